The molecule has 1 aliphatic rings. The monoisotopic (exact) mass is 223 g/mol. The highest BCUT2D eigenvalue weighted by atomic mass is 35.5. The lowest BCUT2D eigenvalue weighted by Crippen LogP contribution is -2.28. The highest BCUT2D eigenvalue weighted by molar-refractivity contribution is 6.31. The maximum absolute atomic E-state index is 12.1. The van der Waals surface area contributed by atoms with E-state index in [1.54, 1.807) is 6.07 Å². The molecule has 0 saturated carbocycles. The van der Waals surface area contributed by atoms with Gasteiger partial charge < -0.3 is 4.90 Å². The zero-order valence-electron chi connectivity index (χ0n) is 8.79. The molecule has 1 amide bonds. The lowest BCUT2D eigenvalue weighted by molar-refractivity contribution is 0.0792. The smallest absolute Gasteiger partial charge is 0.254 e. The van der Waals surface area contributed by atoms with Gasteiger partial charge in [-0.15, -0.1) is 0 Å². The summed E-state index contributed by atoms with van der Waals surface area (Å²) in [5, 5.41) is 0.628. The molecule has 0 aliphatic carbocycles. The van der Waals surface area contributed by atoms with Crippen molar-refractivity contribution in [1.29, 1.82) is 0 Å². The summed E-state index contributed by atoms with van der Waals surface area (Å²) in [6.07, 6.45) is 2.23. The molecule has 0 radical (unpaired) electrons. The van der Waals surface area contributed by atoms with Crippen molar-refractivity contribution in [2.45, 2.75) is 19.8 Å². The average molecular weight is 224 g/mol. The maximum atomic E-state index is 12.1. The summed E-state index contributed by atoms with van der Waals surface area (Å²) in [7, 11) is 0. The van der Waals surface area contributed by atoms with Crippen molar-refractivity contribution in [1.82, 2.24) is 4.90 Å². The number of nitrogens with zero attached hydrogens (tertiary/aromatic N) is 1. The molecule has 1 saturated heterocycles. The number of likely N-dealkylation sites (tertiary alicyclic amines) is 1. The molecule has 80 valence electrons. The standard InChI is InChI=1S/C12H14ClNO/c1-9-4-5-10(13)8-11(9)12(15)14-6-2-3-7-14/h4-5,8H,2-3,6-7H2,1H3. The summed E-state index contributed by atoms with van der Waals surface area (Å²) in [4.78, 5) is 14.0. The first-order valence-electron chi connectivity index (χ1n) is 5.24. The summed E-state index contributed by atoms with van der Waals surface area (Å²) < 4.78 is 0. The summed E-state index contributed by atoms with van der Waals surface area (Å²) in [5.74, 6) is 0.118. The minimum atomic E-state index is 0.118. The van der Waals surface area contributed by atoms with Crippen molar-refractivity contribution in [2.75, 3.05) is 13.1 Å². The molecule has 1 aromatic carbocycles. The fourth-order valence-corrected chi connectivity index (χ4v) is 2.09. The number of carbonyl (C=O) groups is 1. The van der Waals surface area contributed by atoms with Gasteiger partial charge in [0.15, 0.2) is 0 Å². The minimum absolute atomic E-state index is 0.118. The average Bonchev–Trinajstić information content (AvgIpc) is 2.74. The van der Waals surface area contributed by atoms with Gasteiger partial charge in [-0.3, -0.25) is 4.79 Å². The Bertz CT molecular complexity index is 383. The molecule has 0 N–H and O–H groups in total. The van der Waals surface area contributed by atoms with E-state index in [0.717, 1.165) is 37.1 Å². The van der Waals surface area contributed by atoms with Crippen molar-refractivity contribution in [3.63, 3.8) is 0 Å². The molecule has 0 bridgehead atoms. The summed E-state index contributed by atoms with van der Waals surface area (Å²) in [5.41, 5.74) is 1.74. The van der Waals surface area contributed by atoms with E-state index in [9.17, 15) is 4.79 Å². The normalized spacial score (nSPS) is 15.7. The van der Waals surface area contributed by atoms with Crippen LogP contribution < -0.4 is 0 Å². The van der Waals surface area contributed by atoms with Crippen LogP contribution in [0.5, 0.6) is 0 Å². The summed E-state index contributed by atoms with van der Waals surface area (Å²) >= 11 is 5.90. The number of hydrogen-bond donors (Lipinski definition) is 0. The molecule has 1 fully saturated rings. The van der Waals surface area contributed by atoms with Crippen LogP contribution in [0.2, 0.25) is 5.02 Å². The highest BCUT2D eigenvalue weighted by Crippen LogP contribution is 2.19. The van der Waals surface area contributed by atoms with E-state index in [0.29, 0.717) is 5.02 Å². The molecule has 1 aliphatic heterocycles. The van der Waals surface area contributed by atoms with Gasteiger partial charge in [-0.05, 0) is 37.5 Å². The first-order chi connectivity index (χ1) is 7.18. The topological polar surface area (TPSA) is 20.3 Å². The van der Waals surface area contributed by atoms with Crippen molar-refractivity contribution < 1.29 is 4.79 Å². The van der Waals surface area contributed by atoms with Gasteiger partial charge in [-0.25, -0.2) is 0 Å². The van der Waals surface area contributed by atoms with E-state index in [-0.39, 0.29) is 5.91 Å². The Labute approximate surface area is 94.8 Å². The van der Waals surface area contributed by atoms with Gasteiger partial charge in [0.05, 0.1) is 0 Å². The van der Waals surface area contributed by atoms with E-state index in [4.69, 9.17) is 11.6 Å². The Morgan fingerprint density at radius 1 is 1.33 bits per heavy atom. The molecule has 0 aromatic heterocycles. The quantitative estimate of drug-likeness (QED) is 0.717. The van der Waals surface area contributed by atoms with Crippen molar-refractivity contribution in [3.05, 3.63) is 34.3 Å². The van der Waals surface area contributed by atoms with E-state index in [1.807, 2.05) is 24.0 Å². The van der Waals surface area contributed by atoms with Crippen molar-refractivity contribution in [2.24, 2.45) is 0 Å². The number of hydrogen-bond acceptors (Lipinski definition) is 1. The third-order valence-corrected chi connectivity index (χ3v) is 3.06. The molecular formula is C12H14ClNO. The van der Waals surface area contributed by atoms with Crippen molar-refractivity contribution in [3.8, 4) is 0 Å². The van der Waals surface area contributed by atoms with Gasteiger partial charge in [-0.2, -0.15) is 0 Å². The Hall–Kier alpha value is -1.02. The van der Waals surface area contributed by atoms with E-state index < -0.39 is 0 Å². The Morgan fingerprint density at radius 3 is 2.67 bits per heavy atom. The van der Waals surface area contributed by atoms with E-state index in [2.05, 4.69) is 0 Å². The fourth-order valence-electron chi connectivity index (χ4n) is 1.92. The van der Waals surface area contributed by atoms with Gasteiger partial charge in [0.1, 0.15) is 0 Å². The van der Waals surface area contributed by atoms with E-state index in [1.165, 1.54) is 0 Å². The first-order valence-corrected chi connectivity index (χ1v) is 5.62. The van der Waals surface area contributed by atoms with Gasteiger partial charge in [0, 0.05) is 23.7 Å². The molecule has 0 atom stereocenters. The SMILES string of the molecule is Cc1ccc(Cl)cc1C(=O)N1CCCC1. The number of benzene rings is 1. The third kappa shape index (κ3) is 2.15. The zero-order valence-corrected chi connectivity index (χ0v) is 9.55. The Kier molecular flexibility index (Phi) is 2.96. The number of rotatable bonds is 1. The molecule has 15 heavy (non-hydrogen) atoms. The second-order valence-electron chi connectivity index (χ2n) is 3.96. The minimum Gasteiger partial charge on any atom is -0.339 e. The second kappa shape index (κ2) is 4.23. The number of amides is 1. The molecule has 2 rings (SSSR count). The molecular weight excluding hydrogens is 210 g/mol. The summed E-state index contributed by atoms with van der Waals surface area (Å²) in [6, 6.07) is 5.47. The lowest BCUT2D eigenvalue weighted by atomic mass is 10.1. The predicted molar refractivity (Wildman–Crippen MR) is 61.3 cm³/mol. The lowest BCUT2D eigenvalue weighted by Gasteiger charge is -2.16. The van der Waals surface area contributed by atoms with Crippen LogP contribution >= 0.6 is 11.6 Å². The number of aryl methyl sites for hydroxylation is 1. The van der Waals surface area contributed by atoms with Crippen LogP contribution in [0, 0.1) is 6.92 Å². The fraction of sp³-hybridized carbons (Fsp3) is 0.417. The predicted octanol–water partition coefficient (Wildman–Crippen LogP) is 2.88. The number of halogens is 1. The molecule has 3 heteroatoms. The Balaban J connectivity index is 2.27. The van der Waals surface area contributed by atoms with Crippen LogP contribution in [0.3, 0.4) is 0 Å². The largest absolute Gasteiger partial charge is 0.339 e. The van der Waals surface area contributed by atoms with Gasteiger partial charge in [0.2, 0.25) is 0 Å². The first kappa shape index (κ1) is 10.5. The summed E-state index contributed by atoms with van der Waals surface area (Å²) in [6.45, 7) is 3.70. The van der Waals surface area contributed by atoms with Crippen LogP contribution in [0.15, 0.2) is 18.2 Å². The molecule has 1 heterocycles. The van der Waals surface area contributed by atoms with Crippen LogP contribution in [-0.2, 0) is 0 Å². The van der Waals surface area contributed by atoms with Crippen LogP contribution in [-0.4, -0.2) is 23.9 Å². The Morgan fingerprint density at radius 2 is 2.00 bits per heavy atom. The molecule has 1 aromatic rings. The number of carbonyl (C=O) groups excluding carboxylic acids is 1. The van der Waals surface area contributed by atoms with Crippen LogP contribution in [0.4, 0.5) is 0 Å². The second-order valence-corrected chi connectivity index (χ2v) is 4.39. The third-order valence-electron chi connectivity index (χ3n) is 2.82. The molecule has 0 unspecified atom stereocenters. The zero-order chi connectivity index (χ0) is 10.8. The van der Waals surface area contributed by atoms with Crippen molar-refractivity contribution >= 4 is 17.5 Å². The van der Waals surface area contributed by atoms with Gasteiger partial charge in [0.25, 0.3) is 5.91 Å². The van der Waals surface area contributed by atoms with Gasteiger partial charge >= 0.3 is 0 Å². The van der Waals surface area contributed by atoms with Crippen LogP contribution in [0.25, 0.3) is 0 Å². The molecule has 0 spiro atoms. The van der Waals surface area contributed by atoms with E-state index >= 15 is 0 Å². The van der Waals surface area contributed by atoms with Crippen LogP contribution in [0.1, 0.15) is 28.8 Å². The highest BCUT2D eigenvalue weighted by Gasteiger charge is 2.20. The van der Waals surface area contributed by atoms with Gasteiger partial charge in [-0.1, -0.05) is 17.7 Å². The maximum Gasteiger partial charge on any atom is 0.254 e. The molecule has 2 nitrogen and oxygen atoms in total.